The highest BCUT2D eigenvalue weighted by Crippen LogP contribution is 2.24. The molecule has 19 heavy (non-hydrogen) atoms. The van der Waals surface area contributed by atoms with Gasteiger partial charge in [-0.05, 0) is 31.0 Å². The van der Waals surface area contributed by atoms with Crippen LogP contribution in [0.3, 0.4) is 0 Å². The number of amides is 1. The highest BCUT2D eigenvalue weighted by molar-refractivity contribution is 6.31. The Morgan fingerprint density at radius 3 is 2.84 bits per heavy atom. The minimum Gasteiger partial charge on any atom is -0.398 e. The van der Waals surface area contributed by atoms with Gasteiger partial charge in [-0.2, -0.15) is 0 Å². The van der Waals surface area contributed by atoms with E-state index < -0.39 is 0 Å². The first kappa shape index (κ1) is 14.2. The molecule has 2 rings (SSSR count). The molecule has 1 aliphatic carbocycles. The molecule has 0 spiro atoms. The van der Waals surface area contributed by atoms with Gasteiger partial charge in [-0.1, -0.05) is 24.4 Å². The molecule has 2 atom stereocenters. The second-order valence-corrected chi connectivity index (χ2v) is 5.49. The van der Waals surface area contributed by atoms with Crippen molar-refractivity contribution < 1.29 is 9.90 Å². The quantitative estimate of drug-likeness (QED) is 0.744. The van der Waals surface area contributed by atoms with Crippen molar-refractivity contribution in [2.75, 3.05) is 12.3 Å². The number of hydrogen-bond donors (Lipinski definition) is 3. The Balaban J connectivity index is 1.93. The van der Waals surface area contributed by atoms with Gasteiger partial charge in [0.25, 0.3) is 5.91 Å². The van der Waals surface area contributed by atoms with Crippen LogP contribution in [0.2, 0.25) is 5.02 Å². The number of aliphatic hydroxyl groups excluding tert-OH is 1. The molecule has 0 bridgehead atoms. The molecule has 2 unspecified atom stereocenters. The maximum atomic E-state index is 12.0. The molecular formula is C14H19ClN2O2. The van der Waals surface area contributed by atoms with E-state index in [9.17, 15) is 9.90 Å². The van der Waals surface area contributed by atoms with Gasteiger partial charge >= 0.3 is 0 Å². The summed E-state index contributed by atoms with van der Waals surface area (Å²) in [5.74, 6) is -0.0711. The summed E-state index contributed by atoms with van der Waals surface area (Å²) in [7, 11) is 0. The maximum absolute atomic E-state index is 12.0. The second kappa shape index (κ2) is 6.26. The summed E-state index contributed by atoms with van der Waals surface area (Å²) in [5, 5.41) is 13.2. The first-order valence-electron chi connectivity index (χ1n) is 6.59. The Morgan fingerprint density at radius 2 is 2.16 bits per heavy atom. The zero-order valence-corrected chi connectivity index (χ0v) is 11.5. The number of nitrogens with two attached hydrogens (primary N) is 1. The zero-order valence-electron chi connectivity index (χ0n) is 10.7. The van der Waals surface area contributed by atoms with E-state index in [0.29, 0.717) is 22.8 Å². The number of anilines is 1. The van der Waals surface area contributed by atoms with Crippen molar-refractivity contribution >= 4 is 23.2 Å². The van der Waals surface area contributed by atoms with Gasteiger partial charge in [0.15, 0.2) is 0 Å². The number of carbonyl (C=O) groups is 1. The number of halogens is 1. The van der Waals surface area contributed by atoms with Crippen molar-refractivity contribution in [3.8, 4) is 0 Å². The molecule has 4 nitrogen and oxygen atoms in total. The topological polar surface area (TPSA) is 75.4 Å². The third kappa shape index (κ3) is 3.61. The Morgan fingerprint density at radius 1 is 1.42 bits per heavy atom. The lowest BCUT2D eigenvalue weighted by Crippen LogP contribution is -2.36. The van der Waals surface area contributed by atoms with Crippen LogP contribution in [0.1, 0.15) is 36.0 Å². The molecule has 1 aromatic carbocycles. The SMILES string of the molecule is Nc1cc(Cl)ccc1C(=O)NCC1CCCCC1O. The highest BCUT2D eigenvalue weighted by Gasteiger charge is 2.23. The van der Waals surface area contributed by atoms with Crippen LogP contribution in [0.25, 0.3) is 0 Å². The van der Waals surface area contributed by atoms with Crippen molar-refractivity contribution in [2.45, 2.75) is 31.8 Å². The van der Waals surface area contributed by atoms with Gasteiger partial charge in [0, 0.05) is 23.2 Å². The smallest absolute Gasteiger partial charge is 0.253 e. The van der Waals surface area contributed by atoms with Crippen LogP contribution >= 0.6 is 11.6 Å². The number of aliphatic hydroxyl groups is 1. The van der Waals surface area contributed by atoms with Gasteiger partial charge in [-0.15, -0.1) is 0 Å². The third-order valence-electron chi connectivity index (χ3n) is 3.65. The van der Waals surface area contributed by atoms with Crippen molar-refractivity contribution in [3.63, 3.8) is 0 Å². The summed E-state index contributed by atoms with van der Waals surface area (Å²) in [6, 6.07) is 4.82. The Bertz CT molecular complexity index is 465. The minimum atomic E-state index is -0.309. The molecule has 104 valence electrons. The van der Waals surface area contributed by atoms with E-state index in [2.05, 4.69) is 5.32 Å². The molecule has 1 amide bonds. The number of rotatable bonds is 3. The fraction of sp³-hybridized carbons (Fsp3) is 0.500. The predicted octanol–water partition coefficient (Wildman–Crippen LogP) is 2.20. The van der Waals surface area contributed by atoms with Crippen molar-refractivity contribution in [1.29, 1.82) is 0 Å². The monoisotopic (exact) mass is 282 g/mol. The first-order chi connectivity index (χ1) is 9.08. The summed E-state index contributed by atoms with van der Waals surface area (Å²) >= 11 is 5.79. The molecule has 1 saturated carbocycles. The summed E-state index contributed by atoms with van der Waals surface area (Å²) in [6.07, 6.45) is 3.65. The van der Waals surface area contributed by atoms with Gasteiger partial charge < -0.3 is 16.2 Å². The number of hydrogen-bond acceptors (Lipinski definition) is 3. The summed E-state index contributed by atoms with van der Waals surface area (Å²) in [5.41, 5.74) is 6.56. The zero-order chi connectivity index (χ0) is 13.8. The predicted molar refractivity (Wildman–Crippen MR) is 76.2 cm³/mol. The molecule has 1 fully saturated rings. The van der Waals surface area contributed by atoms with Crippen LogP contribution in [0, 0.1) is 5.92 Å². The van der Waals surface area contributed by atoms with Crippen molar-refractivity contribution in [1.82, 2.24) is 5.32 Å². The third-order valence-corrected chi connectivity index (χ3v) is 3.89. The lowest BCUT2D eigenvalue weighted by Gasteiger charge is -2.27. The normalized spacial score (nSPS) is 23.1. The standard InChI is InChI=1S/C14H19ClN2O2/c15-10-5-6-11(12(16)7-10)14(19)17-8-9-3-1-2-4-13(9)18/h5-7,9,13,18H,1-4,8,16H2,(H,17,19). The van der Waals surface area contributed by atoms with Gasteiger partial charge in [-0.25, -0.2) is 0 Å². The second-order valence-electron chi connectivity index (χ2n) is 5.05. The van der Waals surface area contributed by atoms with Crippen molar-refractivity contribution in [3.05, 3.63) is 28.8 Å². The van der Waals surface area contributed by atoms with Crippen molar-refractivity contribution in [2.24, 2.45) is 5.92 Å². The van der Waals surface area contributed by atoms with Gasteiger partial charge in [0.2, 0.25) is 0 Å². The first-order valence-corrected chi connectivity index (χ1v) is 6.97. The molecule has 1 aromatic rings. The van der Waals surface area contributed by atoms with Gasteiger partial charge in [-0.3, -0.25) is 4.79 Å². The minimum absolute atomic E-state index is 0.145. The average Bonchev–Trinajstić information content (AvgIpc) is 2.37. The fourth-order valence-electron chi connectivity index (χ4n) is 2.49. The number of carbonyl (C=O) groups excluding carboxylic acids is 1. The fourth-order valence-corrected chi connectivity index (χ4v) is 2.67. The molecule has 0 saturated heterocycles. The van der Waals surface area contributed by atoms with E-state index in [0.717, 1.165) is 25.7 Å². The van der Waals surface area contributed by atoms with Crippen LogP contribution in [0.15, 0.2) is 18.2 Å². The lowest BCUT2D eigenvalue weighted by atomic mass is 9.86. The molecule has 0 radical (unpaired) electrons. The number of benzene rings is 1. The summed E-state index contributed by atoms with van der Waals surface area (Å²) in [4.78, 5) is 12.0. The molecule has 4 N–H and O–H groups in total. The Kier molecular flexibility index (Phi) is 4.66. The van der Waals surface area contributed by atoms with Crippen LogP contribution in [-0.4, -0.2) is 23.7 Å². The van der Waals surface area contributed by atoms with E-state index in [1.165, 1.54) is 0 Å². The lowest BCUT2D eigenvalue weighted by molar-refractivity contribution is 0.0663. The Labute approximate surface area is 117 Å². The molecule has 5 heteroatoms. The summed E-state index contributed by atoms with van der Waals surface area (Å²) < 4.78 is 0. The van der Waals surface area contributed by atoms with Crippen LogP contribution < -0.4 is 11.1 Å². The van der Waals surface area contributed by atoms with Gasteiger partial charge in [0.05, 0.1) is 11.7 Å². The van der Waals surface area contributed by atoms with Gasteiger partial charge in [0.1, 0.15) is 0 Å². The molecule has 0 heterocycles. The average molecular weight is 283 g/mol. The molecular weight excluding hydrogens is 264 g/mol. The Hall–Kier alpha value is -1.26. The van der Waals surface area contributed by atoms with E-state index in [1.807, 2.05) is 0 Å². The molecule has 1 aliphatic rings. The van der Waals surface area contributed by atoms with E-state index in [1.54, 1.807) is 18.2 Å². The number of nitrogens with one attached hydrogen (secondary N) is 1. The molecule has 0 aliphatic heterocycles. The largest absolute Gasteiger partial charge is 0.398 e. The summed E-state index contributed by atoms with van der Waals surface area (Å²) in [6.45, 7) is 0.488. The van der Waals surface area contributed by atoms with Crippen LogP contribution in [-0.2, 0) is 0 Å². The van der Waals surface area contributed by atoms with Crippen LogP contribution in [0.5, 0.6) is 0 Å². The number of nitrogen functional groups attached to an aromatic ring is 1. The highest BCUT2D eigenvalue weighted by atomic mass is 35.5. The molecule has 0 aromatic heterocycles. The van der Waals surface area contributed by atoms with E-state index >= 15 is 0 Å². The maximum Gasteiger partial charge on any atom is 0.253 e. The van der Waals surface area contributed by atoms with Crippen LogP contribution in [0.4, 0.5) is 5.69 Å². The van der Waals surface area contributed by atoms with E-state index in [-0.39, 0.29) is 17.9 Å². The van der Waals surface area contributed by atoms with E-state index in [4.69, 9.17) is 17.3 Å².